The second kappa shape index (κ2) is 6.99. The molecule has 0 heterocycles. The average molecular weight is 286 g/mol. The van der Waals surface area contributed by atoms with Crippen molar-refractivity contribution < 1.29 is 9.18 Å². The molecule has 21 heavy (non-hydrogen) atoms. The lowest BCUT2D eigenvalue weighted by molar-refractivity contribution is -0.131. The number of hydrogen-bond donors (Lipinski definition) is 1. The second-order valence-corrected chi connectivity index (χ2v) is 5.12. The van der Waals surface area contributed by atoms with E-state index >= 15 is 0 Å². The predicted molar refractivity (Wildman–Crippen MR) is 81.0 cm³/mol. The number of carbonyl (C=O) groups is 1. The molecule has 0 aliphatic carbocycles. The summed E-state index contributed by atoms with van der Waals surface area (Å²) in [5, 5.41) is 0. The van der Waals surface area contributed by atoms with E-state index in [1.807, 2.05) is 30.3 Å². The highest BCUT2D eigenvalue weighted by atomic mass is 19.1. The van der Waals surface area contributed by atoms with E-state index in [9.17, 15) is 9.18 Å². The van der Waals surface area contributed by atoms with E-state index < -0.39 is 6.04 Å². The van der Waals surface area contributed by atoms with E-state index in [1.165, 1.54) is 12.1 Å². The van der Waals surface area contributed by atoms with Crippen LogP contribution in [0, 0.1) is 5.82 Å². The van der Waals surface area contributed by atoms with Crippen molar-refractivity contribution in [3.63, 3.8) is 0 Å². The van der Waals surface area contributed by atoms with Crippen molar-refractivity contribution in [2.24, 2.45) is 5.73 Å². The van der Waals surface area contributed by atoms with Gasteiger partial charge < -0.3 is 10.6 Å². The summed E-state index contributed by atoms with van der Waals surface area (Å²) < 4.78 is 12.9. The standard InChI is InChI=1S/C17H19FN2O/c1-20(12-14-7-9-15(18)10-8-14)17(21)16(19)11-13-5-3-2-4-6-13/h2-10,16H,11-12,19H2,1H3/t16-/m0/s1. The molecule has 0 bridgehead atoms. The number of nitrogens with zero attached hydrogens (tertiary/aromatic N) is 1. The summed E-state index contributed by atoms with van der Waals surface area (Å²) in [6.07, 6.45) is 0.507. The number of benzene rings is 2. The van der Waals surface area contributed by atoms with E-state index in [1.54, 1.807) is 24.1 Å². The maximum absolute atomic E-state index is 12.9. The molecule has 1 atom stereocenters. The Morgan fingerprint density at radius 2 is 1.71 bits per heavy atom. The Kier molecular flexibility index (Phi) is 5.06. The van der Waals surface area contributed by atoms with Crippen LogP contribution in [0.5, 0.6) is 0 Å². The van der Waals surface area contributed by atoms with Gasteiger partial charge in [0.1, 0.15) is 5.82 Å². The summed E-state index contributed by atoms with van der Waals surface area (Å²) >= 11 is 0. The highest BCUT2D eigenvalue weighted by molar-refractivity contribution is 5.81. The lowest BCUT2D eigenvalue weighted by atomic mass is 10.1. The summed E-state index contributed by atoms with van der Waals surface area (Å²) in [5.74, 6) is -0.406. The topological polar surface area (TPSA) is 46.3 Å². The fraction of sp³-hybridized carbons (Fsp3) is 0.235. The molecule has 2 aromatic carbocycles. The smallest absolute Gasteiger partial charge is 0.239 e. The first-order chi connectivity index (χ1) is 10.1. The van der Waals surface area contributed by atoms with E-state index in [0.29, 0.717) is 13.0 Å². The lowest BCUT2D eigenvalue weighted by Gasteiger charge is -2.21. The van der Waals surface area contributed by atoms with Crippen molar-refractivity contribution in [1.29, 1.82) is 0 Å². The van der Waals surface area contributed by atoms with Gasteiger partial charge in [-0.25, -0.2) is 4.39 Å². The van der Waals surface area contributed by atoms with Gasteiger partial charge in [-0.15, -0.1) is 0 Å². The largest absolute Gasteiger partial charge is 0.340 e. The number of halogens is 1. The molecule has 3 nitrogen and oxygen atoms in total. The van der Waals surface area contributed by atoms with Crippen LogP contribution < -0.4 is 5.73 Å². The molecule has 110 valence electrons. The van der Waals surface area contributed by atoms with Gasteiger partial charge in [-0.1, -0.05) is 42.5 Å². The molecule has 2 aromatic rings. The SMILES string of the molecule is CN(Cc1ccc(F)cc1)C(=O)[C@@H](N)Cc1ccccc1. The molecule has 0 aromatic heterocycles. The number of hydrogen-bond acceptors (Lipinski definition) is 2. The van der Waals surface area contributed by atoms with Gasteiger partial charge in [0, 0.05) is 13.6 Å². The maximum atomic E-state index is 12.9. The van der Waals surface area contributed by atoms with Gasteiger partial charge in [0.25, 0.3) is 0 Å². The molecule has 1 amide bonds. The van der Waals surface area contributed by atoms with E-state index in [-0.39, 0.29) is 11.7 Å². The molecule has 0 saturated heterocycles. The van der Waals surface area contributed by atoms with Crippen molar-refractivity contribution in [3.05, 3.63) is 71.5 Å². The summed E-state index contributed by atoms with van der Waals surface area (Å²) in [6, 6.07) is 15.2. The Balaban J connectivity index is 1.93. The zero-order chi connectivity index (χ0) is 15.2. The van der Waals surface area contributed by atoms with Gasteiger partial charge in [0.2, 0.25) is 5.91 Å². The van der Waals surface area contributed by atoms with Crippen LogP contribution in [0.15, 0.2) is 54.6 Å². The highest BCUT2D eigenvalue weighted by Crippen LogP contribution is 2.08. The third-order valence-electron chi connectivity index (χ3n) is 3.32. The van der Waals surface area contributed by atoms with Crippen LogP contribution >= 0.6 is 0 Å². The maximum Gasteiger partial charge on any atom is 0.239 e. The molecular formula is C17H19FN2O. The monoisotopic (exact) mass is 286 g/mol. The van der Waals surface area contributed by atoms with Crippen LogP contribution in [0.25, 0.3) is 0 Å². The fourth-order valence-electron chi connectivity index (χ4n) is 2.18. The van der Waals surface area contributed by atoms with Crippen LogP contribution in [-0.4, -0.2) is 23.9 Å². The zero-order valence-corrected chi connectivity index (χ0v) is 12.0. The minimum Gasteiger partial charge on any atom is -0.340 e. The first kappa shape index (κ1) is 15.2. The Morgan fingerprint density at radius 1 is 1.10 bits per heavy atom. The average Bonchev–Trinajstić information content (AvgIpc) is 2.49. The van der Waals surface area contributed by atoms with Crippen LogP contribution in [0.2, 0.25) is 0 Å². The minimum atomic E-state index is -0.571. The van der Waals surface area contributed by atoms with Crippen LogP contribution in [0.3, 0.4) is 0 Å². The minimum absolute atomic E-state index is 0.122. The quantitative estimate of drug-likeness (QED) is 0.917. The van der Waals surface area contributed by atoms with Gasteiger partial charge in [0.15, 0.2) is 0 Å². The number of amides is 1. The van der Waals surface area contributed by atoms with Crippen molar-refractivity contribution in [2.45, 2.75) is 19.0 Å². The predicted octanol–water partition coefficient (Wildman–Crippen LogP) is 2.35. The lowest BCUT2D eigenvalue weighted by Crippen LogP contribution is -2.42. The molecule has 0 aliphatic heterocycles. The highest BCUT2D eigenvalue weighted by Gasteiger charge is 2.18. The van der Waals surface area contributed by atoms with Gasteiger partial charge in [0.05, 0.1) is 6.04 Å². The first-order valence-electron chi connectivity index (χ1n) is 6.85. The second-order valence-electron chi connectivity index (χ2n) is 5.12. The third kappa shape index (κ3) is 4.39. The summed E-state index contributed by atoms with van der Waals surface area (Å²) in [6.45, 7) is 0.418. The molecule has 0 aliphatic rings. The van der Waals surface area contributed by atoms with Crippen molar-refractivity contribution in [2.75, 3.05) is 7.05 Å². The number of nitrogens with two attached hydrogens (primary N) is 1. The molecule has 0 radical (unpaired) electrons. The molecule has 4 heteroatoms. The molecule has 2 rings (SSSR count). The van der Waals surface area contributed by atoms with E-state index in [0.717, 1.165) is 11.1 Å². The molecule has 0 spiro atoms. The fourth-order valence-corrected chi connectivity index (χ4v) is 2.18. The molecule has 0 unspecified atom stereocenters. The zero-order valence-electron chi connectivity index (χ0n) is 12.0. The van der Waals surface area contributed by atoms with E-state index in [2.05, 4.69) is 0 Å². The Hall–Kier alpha value is -2.20. The first-order valence-corrected chi connectivity index (χ1v) is 6.85. The number of likely N-dealkylation sites (N-methyl/N-ethyl adjacent to an activating group) is 1. The summed E-state index contributed by atoms with van der Waals surface area (Å²) in [4.78, 5) is 13.8. The third-order valence-corrected chi connectivity index (χ3v) is 3.32. The molecule has 0 fully saturated rings. The van der Waals surface area contributed by atoms with Crippen LogP contribution in [0.4, 0.5) is 4.39 Å². The molecule has 0 saturated carbocycles. The van der Waals surface area contributed by atoms with E-state index in [4.69, 9.17) is 5.73 Å². The van der Waals surface area contributed by atoms with Crippen LogP contribution in [0.1, 0.15) is 11.1 Å². The van der Waals surface area contributed by atoms with Crippen molar-refractivity contribution >= 4 is 5.91 Å². The van der Waals surface area contributed by atoms with Crippen molar-refractivity contribution in [1.82, 2.24) is 4.90 Å². The van der Waals surface area contributed by atoms with Gasteiger partial charge in [-0.3, -0.25) is 4.79 Å². The Labute approximate surface area is 124 Å². The Morgan fingerprint density at radius 3 is 2.33 bits per heavy atom. The van der Waals surface area contributed by atoms with Gasteiger partial charge >= 0.3 is 0 Å². The normalized spacial score (nSPS) is 12.0. The van der Waals surface area contributed by atoms with Gasteiger partial charge in [-0.05, 0) is 29.7 Å². The number of rotatable bonds is 5. The molecular weight excluding hydrogens is 267 g/mol. The van der Waals surface area contributed by atoms with Crippen LogP contribution in [-0.2, 0) is 17.8 Å². The number of carbonyl (C=O) groups excluding carboxylic acids is 1. The molecule has 2 N–H and O–H groups in total. The summed E-state index contributed by atoms with van der Waals surface area (Å²) in [5.41, 5.74) is 7.89. The Bertz CT molecular complexity index is 583. The van der Waals surface area contributed by atoms with Crippen molar-refractivity contribution in [3.8, 4) is 0 Å². The van der Waals surface area contributed by atoms with Gasteiger partial charge in [-0.2, -0.15) is 0 Å². The summed E-state index contributed by atoms with van der Waals surface area (Å²) in [7, 11) is 1.70.